The Labute approximate surface area is 104 Å². The molecule has 1 aliphatic heterocycles. The molecule has 16 heavy (non-hydrogen) atoms. The predicted octanol–water partition coefficient (Wildman–Crippen LogP) is 2.46. The first-order valence-corrected chi connectivity index (χ1v) is 6.06. The van der Waals surface area contributed by atoms with Gasteiger partial charge in [-0.15, -0.1) is 0 Å². The molecule has 1 saturated heterocycles. The monoisotopic (exact) mass is 279 g/mol. The van der Waals surface area contributed by atoms with E-state index >= 15 is 0 Å². The third-order valence-electron chi connectivity index (χ3n) is 2.90. The number of anilines is 1. The van der Waals surface area contributed by atoms with E-state index in [1.807, 2.05) is 31.3 Å². The number of halogens is 1. The first kappa shape index (κ1) is 11.4. The van der Waals surface area contributed by atoms with Gasteiger partial charge in [0.1, 0.15) is 5.54 Å². The number of nitrogens with one attached hydrogen (secondary N) is 1. The second-order valence-electron chi connectivity index (χ2n) is 4.31. The molecule has 84 valence electrons. The van der Waals surface area contributed by atoms with E-state index in [0.717, 1.165) is 29.7 Å². The summed E-state index contributed by atoms with van der Waals surface area (Å²) in [4.78, 5) is 2.18. The average Bonchev–Trinajstić information content (AvgIpc) is 2.64. The van der Waals surface area contributed by atoms with Gasteiger partial charge in [0.15, 0.2) is 0 Å². The summed E-state index contributed by atoms with van der Waals surface area (Å²) < 4.78 is 1.05. The fourth-order valence-corrected chi connectivity index (χ4v) is 2.30. The van der Waals surface area contributed by atoms with Crippen molar-refractivity contribution in [1.82, 2.24) is 4.90 Å². The first-order valence-electron chi connectivity index (χ1n) is 5.27. The topological polar surface area (TPSA) is 39.1 Å². The van der Waals surface area contributed by atoms with Gasteiger partial charge in [0.25, 0.3) is 0 Å². The maximum absolute atomic E-state index is 9.30. The molecule has 0 bridgehead atoms. The van der Waals surface area contributed by atoms with Crippen LogP contribution in [0.3, 0.4) is 0 Å². The Hall–Kier alpha value is -1.05. The van der Waals surface area contributed by atoms with Crippen molar-refractivity contribution in [2.45, 2.75) is 12.0 Å². The summed E-state index contributed by atoms with van der Waals surface area (Å²) in [5.41, 5.74) is 0.572. The van der Waals surface area contributed by atoms with Gasteiger partial charge < -0.3 is 10.2 Å². The molecule has 1 aromatic carbocycles. The fraction of sp³-hybridized carbons (Fsp3) is 0.417. The molecule has 1 heterocycles. The van der Waals surface area contributed by atoms with Crippen molar-refractivity contribution in [3.8, 4) is 6.07 Å². The number of hydrogen-bond donors (Lipinski definition) is 1. The number of rotatable bonds is 2. The highest BCUT2D eigenvalue weighted by Crippen LogP contribution is 2.25. The minimum absolute atomic E-state index is 0.428. The number of nitriles is 1. The molecule has 2 rings (SSSR count). The molecule has 4 heteroatoms. The number of likely N-dealkylation sites (tertiary alicyclic amines) is 1. The molecule has 3 nitrogen and oxygen atoms in total. The SMILES string of the molecule is CN1CCC(C#N)(Nc2ccc(Br)cc2)C1. The molecule has 0 radical (unpaired) electrons. The number of nitrogens with zero attached hydrogens (tertiary/aromatic N) is 2. The summed E-state index contributed by atoms with van der Waals surface area (Å²) >= 11 is 3.40. The zero-order valence-corrected chi connectivity index (χ0v) is 10.8. The predicted molar refractivity (Wildman–Crippen MR) is 68.2 cm³/mol. The summed E-state index contributed by atoms with van der Waals surface area (Å²) in [6, 6.07) is 10.3. The highest BCUT2D eigenvalue weighted by molar-refractivity contribution is 9.10. The van der Waals surface area contributed by atoms with Gasteiger partial charge >= 0.3 is 0 Å². The maximum Gasteiger partial charge on any atom is 0.139 e. The Kier molecular flexibility index (Phi) is 3.17. The van der Waals surface area contributed by atoms with Crippen LogP contribution in [0.25, 0.3) is 0 Å². The van der Waals surface area contributed by atoms with Crippen LogP contribution < -0.4 is 5.32 Å². The smallest absolute Gasteiger partial charge is 0.139 e. The molecule has 1 unspecified atom stereocenters. The van der Waals surface area contributed by atoms with Crippen LogP contribution in [0.15, 0.2) is 28.7 Å². The lowest BCUT2D eigenvalue weighted by atomic mass is 10.0. The molecule has 1 N–H and O–H groups in total. The number of hydrogen-bond acceptors (Lipinski definition) is 3. The highest BCUT2D eigenvalue weighted by atomic mass is 79.9. The molecule has 0 aromatic heterocycles. The van der Waals surface area contributed by atoms with E-state index in [0.29, 0.717) is 0 Å². The van der Waals surface area contributed by atoms with Gasteiger partial charge in [-0.3, -0.25) is 0 Å². The molecule has 0 spiro atoms. The Morgan fingerprint density at radius 2 is 2.12 bits per heavy atom. The minimum Gasteiger partial charge on any atom is -0.366 e. The molecule has 0 amide bonds. The normalized spacial score (nSPS) is 25.3. The molecule has 0 aliphatic carbocycles. The largest absolute Gasteiger partial charge is 0.366 e. The van der Waals surface area contributed by atoms with E-state index in [1.54, 1.807) is 0 Å². The van der Waals surface area contributed by atoms with Gasteiger partial charge in [-0.05, 0) is 37.7 Å². The van der Waals surface area contributed by atoms with Gasteiger partial charge in [0, 0.05) is 23.2 Å². The summed E-state index contributed by atoms with van der Waals surface area (Å²) in [6.07, 6.45) is 0.871. The fourth-order valence-electron chi connectivity index (χ4n) is 2.03. The summed E-state index contributed by atoms with van der Waals surface area (Å²) in [5, 5.41) is 12.6. The number of likely N-dealkylation sites (N-methyl/N-ethyl adjacent to an activating group) is 1. The van der Waals surface area contributed by atoms with Crippen LogP contribution in [-0.2, 0) is 0 Å². The van der Waals surface area contributed by atoms with Crippen LogP contribution in [0, 0.1) is 11.3 Å². The van der Waals surface area contributed by atoms with Crippen molar-refractivity contribution in [3.05, 3.63) is 28.7 Å². The molecular weight excluding hydrogens is 266 g/mol. The van der Waals surface area contributed by atoms with Crippen LogP contribution >= 0.6 is 15.9 Å². The van der Waals surface area contributed by atoms with Crippen LogP contribution in [-0.4, -0.2) is 30.6 Å². The van der Waals surface area contributed by atoms with Crippen LogP contribution in [0.5, 0.6) is 0 Å². The number of benzene rings is 1. The third-order valence-corrected chi connectivity index (χ3v) is 3.43. The Morgan fingerprint density at radius 3 is 2.62 bits per heavy atom. The van der Waals surface area contributed by atoms with Crippen molar-refractivity contribution in [3.63, 3.8) is 0 Å². The summed E-state index contributed by atoms with van der Waals surface area (Å²) in [7, 11) is 2.04. The zero-order valence-electron chi connectivity index (χ0n) is 9.20. The van der Waals surface area contributed by atoms with Crippen LogP contribution in [0.2, 0.25) is 0 Å². The van der Waals surface area contributed by atoms with Gasteiger partial charge in [-0.25, -0.2) is 0 Å². The highest BCUT2D eigenvalue weighted by Gasteiger charge is 2.36. The Balaban J connectivity index is 2.14. The Morgan fingerprint density at radius 1 is 1.44 bits per heavy atom. The second-order valence-corrected chi connectivity index (χ2v) is 5.23. The molecule has 1 aliphatic rings. The van der Waals surface area contributed by atoms with E-state index in [-0.39, 0.29) is 0 Å². The first-order chi connectivity index (χ1) is 7.63. The van der Waals surface area contributed by atoms with Crippen LogP contribution in [0.1, 0.15) is 6.42 Å². The maximum atomic E-state index is 9.30. The van der Waals surface area contributed by atoms with E-state index in [1.165, 1.54) is 0 Å². The van der Waals surface area contributed by atoms with Gasteiger partial charge in [-0.2, -0.15) is 5.26 Å². The average molecular weight is 280 g/mol. The molecular formula is C12H14BrN3. The van der Waals surface area contributed by atoms with Crippen molar-refractivity contribution in [2.75, 3.05) is 25.5 Å². The van der Waals surface area contributed by atoms with E-state index in [9.17, 15) is 5.26 Å². The molecule has 1 aromatic rings. The lowest BCUT2D eigenvalue weighted by molar-refractivity contribution is 0.403. The summed E-state index contributed by atoms with van der Waals surface area (Å²) in [6.45, 7) is 1.75. The summed E-state index contributed by atoms with van der Waals surface area (Å²) in [5.74, 6) is 0. The van der Waals surface area contributed by atoms with E-state index < -0.39 is 5.54 Å². The van der Waals surface area contributed by atoms with Crippen molar-refractivity contribution in [2.24, 2.45) is 0 Å². The minimum atomic E-state index is -0.428. The standard InChI is InChI=1S/C12H14BrN3/c1-16-7-6-12(8-14,9-16)15-11-4-2-10(13)3-5-11/h2-5,15H,6-7,9H2,1H3. The molecule has 1 fully saturated rings. The quantitative estimate of drug-likeness (QED) is 0.904. The van der Waals surface area contributed by atoms with Crippen molar-refractivity contribution in [1.29, 1.82) is 5.26 Å². The van der Waals surface area contributed by atoms with E-state index in [4.69, 9.17) is 0 Å². The zero-order chi connectivity index (χ0) is 11.6. The van der Waals surface area contributed by atoms with Crippen molar-refractivity contribution >= 4 is 21.6 Å². The molecule has 0 saturated carbocycles. The van der Waals surface area contributed by atoms with Gasteiger partial charge in [0.2, 0.25) is 0 Å². The molecule has 1 atom stereocenters. The van der Waals surface area contributed by atoms with E-state index in [2.05, 4.69) is 32.2 Å². The Bertz CT molecular complexity index is 409. The third kappa shape index (κ3) is 2.37. The lowest BCUT2D eigenvalue weighted by Gasteiger charge is -2.23. The van der Waals surface area contributed by atoms with Crippen molar-refractivity contribution < 1.29 is 0 Å². The van der Waals surface area contributed by atoms with Gasteiger partial charge in [-0.1, -0.05) is 15.9 Å². The van der Waals surface area contributed by atoms with Crippen LogP contribution in [0.4, 0.5) is 5.69 Å². The van der Waals surface area contributed by atoms with Gasteiger partial charge in [0.05, 0.1) is 6.07 Å². The lowest BCUT2D eigenvalue weighted by Crippen LogP contribution is -2.39. The second kappa shape index (κ2) is 4.44.